The summed E-state index contributed by atoms with van der Waals surface area (Å²) in [6.45, 7) is 0.602. The van der Waals surface area contributed by atoms with Gasteiger partial charge in [-0.1, -0.05) is 0 Å². The molecule has 0 aliphatic carbocycles. The number of hydrogen-bond donors (Lipinski definition) is 2. The predicted octanol–water partition coefficient (Wildman–Crippen LogP) is 0.624. The van der Waals surface area contributed by atoms with Crippen LogP contribution in [0.5, 0.6) is 0 Å². The molecule has 1 aromatic heterocycles. The van der Waals surface area contributed by atoms with Crippen LogP contribution in [0.25, 0.3) is 0 Å². The number of aromatic nitrogens is 1. The van der Waals surface area contributed by atoms with Crippen molar-refractivity contribution in [2.24, 2.45) is 5.73 Å². The van der Waals surface area contributed by atoms with Crippen molar-refractivity contribution in [1.29, 1.82) is 0 Å². The molecule has 0 aromatic carbocycles. The first-order valence-corrected chi connectivity index (χ1v) is 5.85. The number of nitrogens with two attached hydrogens (primary N) is 1. The van der Waals surface area contributed by atoms with Crippen LogP contribution in [0, 0.1) is 0 Å². The summed E-state index contributed by atoms with van der Waals surface area (Å²) in [4.78, 5) is 28.4. The molecular formula is C12H15N3O3. The van der Waals surface area contributed by atoms with Crippen molar-refractivity contribution in [3.05, 3.63) is 23.9 Å². The van der Waals surface area contributed by atoms with Gasteiger partial charge in [0.25, 0.3) is 0 Å². The van der Waals surface area contributed by atoms with Crippen molar-refractivity contribution >= 4 is 17.7 Å². The Kier molecular flexibility index (Phi) is 3.45. The van der Waals surface area contributed by atoms with Crippen molar-refractivity contribution in [2.75, 3.05) is 11.4 Å². The second kappa shape index (κ2) is 5.03. The van der Waals surface area contributed by atoms with Gasteiger partial charge in [-0.15, -0.1) is 0 Å². The molecule has 18 heavy (non-hydrogen) atoms. The minimum absolute atomic E-state index is 0.102. The number of carbonyl (C=O) groups excluding carboxylic acids is 1. The third-order valence-electron chi connectivity index (χ3n) is 3.12. The molecule has 1 atom stereocenters. The maximum atomic E-state index is 11.4. The first kappa shape index (κ1) is 12.3. The molecule has 0 saturated carbocycles. The SMILES string of the molecule is NC(=O)C1CCCCN1c1ncccc1C(=O)O. The number of anilines is 1. The average Bonchev–Trinajstić information content (AvgIpc) is 2.38. The van der Waals surface area contributed by atoms with Crippen molar-refractivity contribution in [2.45, 2.75) is 25.3 Å². The smallest absolute Gasteiger partial charge is 0.339 e. The quantitative estimate of drug-likeness (QED) is 0.818. The third-order valence-corrected chi connectivity index (χ3v) is 3.12. The minimum atomic E-state index is -1.05. The van der Waals surface area contributed by atoms with Crippen LogP contribution in [0.15, 0.2) is 18.3 Å². The number of primary amides is 1. The van der Waals surface area contributed by atoms with E-state index in [9.17, 15) is 9.59 Å². The molecule has 6 heteroatoms. The molecule has 0 radical (unpaired) electrons. The summed E-state index contributed by atoms with van der Waals surface area (Å²) in [5.74, 6) is -1.16. The highest BCUT2D eigenvalue weighted by Crippen LogP contribution is 2.25. The largest absolute Gasteiger partial charge is 0.478 e. The van der Waals surface area contributed by atoms with Crippen LogP contribution in [0.3, 0.4) is 0 Å². The average molecular weight is 249 g/mol. The molecule has 1 saturated heterocycles. The van der Waals surface area contributed by atoms with Gasteiger partial charge in [-0.2, -0.15) is 0 Å². The Morgan fingerprint density at radius 1 is 1.44 bits per heavy atom. The summed E-state index contributed by atoms with van der Waals surface area (Å²) in [7, 11) is 0. The van der Waals surface area contributed by atoms with Crippen LogP contribution in [0.4, 0.5) is 5.82 Å². The summed E-state index contributed by atoms with van der Waals surface area (Å²) < 4.78 is 0. The molecule has 1 amide bonds. The Balaban J connectivity index is 2.39. The number of aromatic carboxylic acids is 1. The molecule has 1 aliphatic rings. The van der Waals surface area contributed by atoms with Gasteiger partial charge in [-0.05, 0) is 31.4 Å². The van der Waals surface area contributed by atoms with E-state index >= 15 is 0 Å². The molecule has 2 rings (SSSR count). The van der Waals surface area contributed by atoms with E-state index in [4.69, 9.17) is 10.8 Å². The van der Waals surface area contributed by atoms with Crippen LogP contribution < -0.4 is 10.6 Å². The molecule has 0 bridgehead atoms. The van der Waals surface area contributed by atoms with Gasteiger partial charge in [0, 0.05) is 12.7 Å². The van der Waals surface area contributed by atoms with Gasteiger partial charge in [-0.25, -0.2) is 9.78 Å². The number of carboxylic acids is 1. The van der Waals surface area contributed by atoms with E-state index in [-0.39, 0.29) is 5.56 Å². The molecule has 1 aromatic rings. The number of carboxylic acid groups (broad SMARTS) is 1. The molecule has 1 aliphatic heterocycles. The van der Waals surface area contributed by atoms with Crippen molar-refractivity contribution in [3.63, 3.8) is 0 Å². The molecule has 2 heterocycles. The highest BCUT2D eigenvalue weighted by Gasteiger charge is 2.30. The lowest BCUT2D eigenvalue weighted by Gasteiger charge is -2.35. The standard InChI is InChI=1S/C12H15N3O3/c13-10(16)9-5-1-2-7-15(9)11-8(12(17)18)4-3-6-14-11/h3-4,6,9H,1-2,5,7H2,(H2,13,16)(H,17,18). The Hall–Kier alpha value is -2.11. The van der Waals surface area contributed by atoms with Crippen LogP contribution in [0.2, 0.25) is 0 Å². The van der Waals surface area contributed by atoms with Crippen molar-refractivity contribution in [1.82, 2.24) is 4.98 Å². The van der Waals surface area contributed by atoms with E-state index in [1.165, 1.54) is 12.3 Å². The molecular weight excluding hydrogens is 234 g/mol. The number of pyridine rings is 1. The zero-order chi connectivity index (χ0) is 13.1. The lowest BCUT2D eigenvalue weighted by molar-refractivity contribution is -0.119. The number of rotatable bonds is 3. The van der Waals surface area contributed by atoms with Gasteiger partial charge in [0.2, 0.25) is 5.91 Å². The van der Waals surface area contributed by atoms with Crippen LogP contribution in [-0.2, 0) is 4.79 Å². The summed E-state index contributed by atoms with van der Waals surface area (Å²) in [5, 5.41) is 9.14. The zero-order valence-electron chi connectivity index (χ0n) is 9.87. The summed E-state index contributed by atoms with van der Waals surface area (Å²) in [6.07, 6.45) is 3.98. The maximum Gasteiger partial charge on any atom is 0.339 e. The van der Waals surface area contributed by atoms with Crippen molar-refractivity contribution in [3.8, 4) is 0 Å². The first-order chi connectivity index (χ1) is 8.61. The fourth-order valence-electron chi connectivity index (χ4n) is 2.27. The summed E-state index contributed by atoms with van der Waals surface area (Å²) >= 11 is 0. The van der Waals surface area contributed by atoms with Gasteiger partial charge in [0.1, 0.15) is 17.4 Å². The molecule has 1 fully saturated rings. The summed E-state index contributed by atoms with van der Waals surface area (Å²) in [5.41, 5.74) is 5.47. The lowest BCUT2D eigenvalue weighted by atomic mass is 10.0. The molecule has 1 unspecified atom stereocenters. The number of piperidine rings is 1. The third kappa shape index (κ3) is 2.27. The van der Waals surface area contributed by atoms with E-state index in [1.807, 2.05) is 0 Å². The maximum absolute atomic E-state index is 11.4. The molecule has 0 spiro atoms. The predicted molar refractivity (Wildman–Crippen MR) is 65.4 cm³/mol. The van der Waals surface area contributed by atoms with Gasteiger partial charge >= 0.3 is 5.97 Å². The summed E-state index contributed by atoms with van der Waals surface area (Å²) in [6, 6.07) is 2.58. The van der Waals surface area contributed by atoms with Gasteiger partial charge in [-0.3, -0.25) is 4.79 Å². The fourth-order valence-corrected chi connectivity index (χ4v) is 2.27. The molecule has 6 nitrogen and oxygen atoms in total. The van der Waals surface area contributed by atoms with Gasteiger partial charge in [0.05, 0.1) is 0 Å². The zero-order valence-corrected chi connectivity index (χ0v) is 9.87. The highest BCUT2D eigenvalue weighted by atomic mass is 16.4. The molecule has 96 valence electrons. The Bertz CT molecular complexity index is 475. The number of hydrogen-bond acceptors (Lipinski definition) is 4. The number of amides is 1. The normalized spacial score (nSPS) is 19.6. The second-order valence-electron chi connectivity index (χ2n) is 4.29. The van der Waals surface area contributed by atoms with E-state index < -0.39 is 17.9 Å². The van der Waals surface area contributed by atoms with Gasteiger partial charge < -0.3 is 15.7 Å². The van der Waals surface area contributed by atoms with Crippen LogP contribution in [-0.4, -0.2) is 34.6 Å². The number of carbonyl (C=O) groups is 2. The highest BCUT2D eigenvalue weighted by molar-refractivity contribution is 5.94. The monoisotopic (exact) mass is 249 g/mol. The van der Waals surface area contributed by atoms with Crippen LogP contribution in [0.1, 0.15) is 29.6 Å². The van der Waals surface area contributed by atoms with Gasteiger partial charge in [0.15, 0.2) is 0 Å². The second-order valence-corrected chi connectivity index (χ2v) is 4.29. The lowest BCUT2D eigenvalue weighted by Crippen LogP contribution is -2.48. The Labute approximate surface area is 104 Å². The molecule has 3 N–H and O–H groups in total. The van der Waals surface area contributed by atoms with E-state index in [2.05, 4.69) is 4.98 Å². The first-order valence-electron chi connectivity index (χ1n) is 5.85. The van der Waals surface area contributed by atoms with Crippen LogP contribution >= 0.6 is 0 Å². The Morgan fingerprint density at radius 3 is 2.89 bits per heavy atom. The minimum Gasteiger partial charge on any atom is -0.478 e. The van der Waals surface area contributed by atoms with E-state index in [0.29, 0.717) is 18.8 Å². The topological polar surface area (TPSA) is 96.5 Å². The van der Waals surface area contributed by atoms with E-state index in [1.54, 1.807) is 11.0 Å². The van der Waals surface area contributed by atoms with Crippen molar-refractivity contribution < 1.29 is 14.7 Å². The van der Waals surface area contributed by atoms with E-state index in [0.717, 1.165) is 12.8 Å². The fraction of sp³-hybridized carbons (Fsp3) is 0.417. The Morgan fingerprint density at radius 2 is 2.22 bits per heavy atom. The number of nitrogens with zero attached hydrogens (tertiary/aromatic N) is 2.